The minimum Gasteiger partial charge on any atom is -0.507 e. The molecule has 4 aromatic rings. The van der Waals surface area contributed by atoms with Crippen molar-refractivity contribution in [3.05, 3.63) is 106 Å². The predicted octanol–water partition coefficient (Wildman–Crippen LogP) is 4.99. The molecule has 2 N–H and O–H groups in total. The summed E-state index contributed by atoms with van der Waals surface area (Å²) in [6.45, 7) is 0.310. The maximum atomic E-state index is 13.1. The molecule has 1 saturated heterocycles. The number of likely N-dealkylation sites (tertiary alicyclic amines) is 1. The summed E-state index contributed by atoms with van der Waals surface area (Å²) < 4.78 is 0.847. The van der Waals surface area contributed by atoms with Gasteiger partial charge in [0.2, 0.25) is 0 Å². The molecule has 164 valence electrons. The Kier molecular flexibility index (Phi) is 5.56. The van der Waals surface area contributed by atoms with E-state index in [1.165, 1.54) is 4.90 Å². The predicted molar refractivity (Wildman–Crippen MR) is 129 cm³/mol. The molecule has 7 heteroatoms. The second kappa shape index (κ2) is 8.67. The summed E-state index contributed by atoms with van der Waals surface area (Å²) in [6.07, 6.45) is 4.10. The molecule has 6 nitrogen and oxygen atoms in total. The number of amides is 1. The number of nitrogens with zero attached hydrogens (tertiary/aromatic N) is 2. The number of hydrogen-bond acceptors (Lipinski definition) is 4. The van der Waals surface area contributed by atoms with Crippen molar-refractivity contribution in [3.63, 3.8) is 0 Å². The topological polar surface area (TPSA) is 86.3 Å². The average molecular weight is 502 g/mol. The lowest BCUT2D eigenvalue weighted by atomic mass is 9.98. The number of aliphatic hydroxyl groups is 1. The van der Waals surface area contributed by atoms with Crippen LogP contribution in [-0.4, -0.2) is 38.2 Å². The number of benzene rings is 2. The third-order valence-corrected chi connectivity index (χ3v) is 6.45. The van der Waals surface area contributed by atoms with E-state index >= 15 is 0 Å². The van der Waals surface area contributed by atoms with E-state index in [0.29, 0.717) is 24.2 Å². The van der Waals surface area contributed by atoms with E-state index in [0.717, 1.165) is 20.9 Å². The molecule has 1 atom stereocenters. The lowest BCUT2D eigenvalue weighted by Crippen LogP contribution is -2.32. The second-order valence-corrected chi connectivity index (χ2v) is 8.78. The first-order chi connectivity index (χ1) is 16.0. The fourth-order valence-corrected chi connectivity index (χ4v) is 4.56. The highest BCUT2D eigenvalue weighted by Crippen LogP contribution is 2.39. The summed E-state index contributed by atoms with van der Waals surface area (Å²) in [5.41, 5.74) is 3.13. The van der Waals surface area contributed by atoms with Crippen LogP contribution in [-0.2, 0) is 16.0 Å². The number of ketones is 1. The highest BCUT2D eigenvalue weighted by molar-refractivity contribution is 9.10. The number of aromatic nitrogens is 2. The molecular formula is C26H20BrN3O3. The molecule has 1 amide bonds. The molecule has 0 spiro atoms. The maximum Gasteiger partial charge on any atom is 0.295 e. The largest absolute Gasteiger partial charge is 0.507 e. The Bertz CT molecular complexity index is 1380. The molecule has 1 unspecified atom stereocenters. The van der Waals surface area contributed by atoms with E-state index in [-0.39, 0.29) is 11.3 Å². The third-order valence-electron chi connectivity index (χ3n) is 5.92. The van der Waals surface area contributed by atoms with Gasteiger partial charge in [-0.1, -0.05) is 52.3 Å². The number of rotatable bonds is 5. The average Bonchev–Trinajstić information content (AvgIpc) is 3.37. The van der Waals surface area contributed by atoms with E-state index < -0.39 is 17.7 Å². The van der Waals surface area contributed by atoms with Crippen LogP contribution in [0.1, 0.15) is 22.9 Å². The Hall–Kier alpha value is -3.71. The van der Waals surface area contributed by atoms with Gasteiger partial charge in [0.1, 0.15) is 11.8 Å². The first-order valence-electron chi connectivity index (χ1n) is 10.5. The van der Waals surface area contributed by atoms with Crippen LogP contribution < -0.4 is 0 Å². The van der Waals surface area contributed by atoms with Crippen LogP contribution in [0.5, 0.6) is 0 Å². The fraction of sp³-hybridized carbons (Fsp3) is 0.115. The zero-order chi connectivity index (χ0) is 22.9. The summed E-state index contributed by atoms with van der Waals surface area (Å²) >= 11 is 3.37. The zero-order valence-corrected chi connectivity index (χ0v) is 19.1. The van der Waals surface area contributed by atoms with E-state index in [9.17, 15) is 14.7 Å². The molecule has 0 radical (unpaired) electrons. The van der Waals surface area contributed by atoms with Gasteiger partial charge >= 0.3 is 0 Å². The molecule has 0 saturated carbocycles. The van der Waals surface area contributed by atoms with Crippen LogP contribution in [0.15, 0.2) is 89.2 Å². The van der Waals surface area contributed by atoms with E-state index in [1.807, 2.05) is 36.5 Å². The molecule has 1 fully saturated rings. The van der Waals surface area contributed by atoms with Crippen molar-refractivity contribution in [2.24, 2.45) is 0 Å². The first-order valence-corrected chi connectivity index (χ1v) is 11.3. The van der Waals surface area contributed by atoms with Crippen LogP contribution in [0.25, 0.3) is 16.7 Å². The van der Waals surface area contributed by atoms with Crippen LogP contribution >= 0.6 is 15.9 Å². The monoisotopic (exact) mass is 501 g/mol. The van der Waals surface area contributed by atoms with Crippen molar-refractivity contribution in [2.45, 2.75) is 12.5 Å². The standard InChI is InChI=1S/C26H20BrN3O3/c27-18-10-8-16(9-11-18)24(31)22-23(21-7-3-4-13-28-21)30(26(33)25(22)32)14-12-17-15-29-20-6-2-1-5-19(17)20/h1-11,13,15,23,29,31H,12,14H2/b24-22+. The Labute approximate surface area is 198 Å². The number of nitrogens with one attached hydrogen (secondary N) is 1. The Morgan fingerprint density at radius 1 is 1.03 bits per heavy atom. The fourth-order valence-electron chi connectivity index (χ4n) is 4.30. The number of aliphatic hydroxyl groups excluding tert-OH is 1. The molecule has 0 bridgehead atoms. The maximum absolute atomic E-state index is 13.1. The van der Waals surface area contributed by atoms with Gasteiger partial charge in [0.25, 0.3) is 11.7 Å². The summed E-state index contributed by atoms with van der Waals surface area (Å²) in [6, 6.07) is 19.5. The van der Waals surface area contributed by atoms with Crippen LogP contribution in [0.3, 0.4) is 0 Å². The quantitative estimate of drug-likeness (QED) is 0.229. The van der Waals surface area contributed by atoms with E-state index in [2.05, 4.69) is 25.9 Å². The lowest BCUT2D eigenvalue weighted by Gasteiger charge is -2.24. The number of carbonyl (C=O) groups excluding carboxylic acids is 2. The molecule has 33 heavy (non-hydrogen) atoms. The van der Waals surface area contributed by atoms with Crippen molar-refractivity contribution in [1.82, 2.24) is 14.9 Å². The van der Waals surface area contributed by atoms with Crippen molar-refractivity contribution in [3.8, 4) is 0 Å². The number of aromatic amines is 1. The van der Waals surface area contributed by atoms with Crippen LogP contribution in [0.4, 0.5) is 0 Å². The minimum absolute atomic E-state index is 0.0555. The van der Waals surface area contributed by atoms with Gasteiger partial charge < -0.3 is 15.0 Å². The van der Waals surface area contributed by atoms with E-state index in [4.69, 9.17) is 0 Å². The van der Waals surface area contributed by atoms with Gasteiger partial charge in [-0.25, -0.2) is 0 Å². The van der Waals surface area contributed by atoms with Gasteiger partial charge in [-0.05, 0) is 42.3 Å². The molecule has 2 aromatic heterocycles. The Balaban J connectivity index is 1.55. The summed E-state index contributed by atoms with van der Waals surface area (Å²) in [5.74, 6) is -1.54. The Morgan fingerprint density at radius 3 is 2.55 bits per heavy atom. The molecule has 5 rings (SSSR count). The van der Waals surface area contributed by atoms with Crippen molar-refractivity contribution < 1.29 is 14.7 Å². The molecular weight excluding hydrogens is 482 g/mol. The van der Waals surface area contributed by atoms with Crippen molar-refractivity contribution >= 4 is 44.3 Å². The van der Waals surface area contributed by atoms with Gasteiger partial charge in [-0.2, -0.15) is 0 Å². The number of carbonyl (C=O) groups is 2. The molecule has 2 aromatic carbocycles. The minimum atomic E-state index is -0.764. The normalized spacial score (nSPS) is 17.7. The molecule has 1 aliphatic rings. The number of fused-ring (bicyclic) bond motifs is 1. The smallest absolute Gasteiger partial charge is 0.295 e. The number of halogens is 1. The zero-order valence-electron chi connectivity index (χ0n) is 17.5. The van der Waals surface area contributed by atoms with Gasteiger partial charge in [0.15, 0.2) is 0 Å². The number of hydrogen-bond donors (Lipinski definition) is 2. The SMILES string of the molecule is O=C1C(=O)N(CCc2c[nH]c3ccccc23)C(c2ccccn2)/C1=C(\O)c1ccc(Br)cc1. The summed E-state index contributed by atoms with van der Waals surface area (Å²) in [7, 11) is 0. The van der Waals surface area contributed by atoms with Crippen LogP contribution in [0, 0.1) is 0 Å². The lowest BCUT2D eigenvalue weighted by molar-refractivity contribution is -0.139. The first kappa shape index (κ1) is 21.2. The summed E-state index contributed by atoms with van der Waals surface area (Å²) in [4.78, 5) is 35.4. The van der Waals surface area contributed by atoms with Gasteiger partial charge in [0.05, 0.1) is 11.3 Å². The van der Waals surface area contributed by atoms with Gasteiger partial charge in [0, 0.05) is 39.9 Å². The van der Waals surface area contributed by atoms with E-state index in [1.54, 1.807) is 42.6 Å². The van der Waals surface area contributed by atoms with Gasteiger partial charge in [-0.3, -0.25) is 14.6 Å². The molecule has 0 aliphatic carbocycles. The van der Waals surface area contributed by atoms with Crippen LogP contribution in [0.2, 0.25) is 0 Å². The van der Waals surface area contributed by atoms with Gasteiger partial charge in [-0.15, -0.1) is 0 Å². The molecule has 1 aliphatic heterocycles. The number of H-pyrrole nitrogens is 1. The summed E-state index contributed by atoms with van der Waals surface area (Å²) in [5, 5.41) is 12.2. The number of para-hydroxylation sites is 1. The van der Waals surface area contributed by atoms with Crippen molar-refractivity contribution in [2.75, 3.05) is 6.54 Å². The number of pyridine rings is 1. The second-order valence-electron chi connectivity index (χ2n) is 7.86. The highest BCUT2D eigenvalue weighted by Gasteiger charge is 2.46. The van der Waals surface area contributed by atoms with Crippen molar-refractivity contribution in [1.29, 1.82) is 0 Å². The third kappa shape index (κ3) is 3.85. The number of Topliss-reactive ketones (excluding diaryl/α,β-unsaturated/α-hetero) is 1. The molecule has 3 heterocycles. The Morgan fingerprint density at radius 2 is 1.79 bits per heavy atom. The highest BCUT2D eigenvalue weighted by atomic mass is 79.9.